The SMILES string of the molecule is CN=C(NCC(C(C)C)N1CCOCC1)NCC(C)(C)c1ccc(OC)c(OC)c1. The molecule has 0 radical (unpaired) electrons. The van der Waals surface area contributed by atoms with E-state index in [1.54, 1.807) is 14.2 Å². The van der Waals surface area contributed by atoms with E-state index < -0.39 is 0 Å². The van der Waals surface area contributed by atoms with Gasteiger partial charge in [-0.2, -0.15) is 0 Å². The number of hydrogen-bond donors (Lipinski definition) is 2. The van der Waals surface area contributed by atoms with Crippen molar-refractivity contribution < 1.29 is 14.2 Å². The molecule has 1 aliphatic heterocycles. The van der Waals surface area contributed by atoms with Crippen LogP contribution in [0.3, 0.4) is 0 Å². The third-order valence-corrected chi connectivity index (χ3v) is 5.85. The van der Waals surface area contributed by atoms with Crippen LogP contribution in [-0.2, 0) is 10.2 Å². The molecule has 0 aliphatic carbocycles. The third-order valence-electron chi connectivity index (χ3n) is 5.85. The van der Waals surface area contributed by atoms with Gasteiger partial charge in [0.1, 0.15) is 0 Å². The topological polar surface area (TPSA) is 67.4 Å². The van der Waals surface area contributed by atoms with E-state index in [2.05, 4.69) is 54.3 Å². The summed E-state index contributed by atoms with van der Waals surface area (Å²) >= 11 is 0. The van der Waals surface area contributed by atoms with E-state index in [0.29, 0.717) is 12.0 Å². The second-order valence-corrected chi connectivity index (χ2v) is 8.72. The number of aliphatic imine (C=N–C) groups is 1. The summed E-state index contributed by atoms with van der Waals surface area (Å²) in [6.07, 6.45) is 0. The first kappa shape index (κ1) is 24.3. The minimum absolute atomic E-state index is 0.112. The quantitative estimate of drug-likeness (QED) is 0.473. The van der Waals surface area contributed by atoms with E-state index in [0.717, 1.165) is 56.9 Å². The van der Waals surface area contributed by atoms with Gasteiger partial charge in [-0.05, 0) is 23.6 Å². The Morgan fingerprint density at radius 1 is 1.13 bits per heavy atom. The number of guanidine groups is 1. The molecular formula is C23H40N4O3. The predicted molar refractivity (Wildman–Crippen MR) is 123 cm³/mol. The molecule has 1 atom stereocenters. The number of nitrogens with one attached hydrogen (secondary N) is 2. The first-order chi connectivity index (χ1) is 14.3. The zero-order valence-corrected chi connectivity index (χ0v) is 19.7. The summed E-state index contributed by atoms with van der Waals surface area (Å²) in [5.74, 6) is 2.86. The van der Waals surface area contributed by atoms with E-state index in [1.165, 1.54) is 5.56 Å². The highest BCUT2D eigenvalue weighted by Crippen LogP contribution is 2.32. The highest BCUT2D eigenvalue weighted by molar-refractivity contribution is 5.79. The number of ether oxygens (including phenoxy) is 3. The Morgan fingerprint density at radius 2 is 1.80 bits per heavy atom. The number of methoxy groups -OCH3 is 2. The van der Waals surface area contributed by atoms with Crippen molar-refractivity contribution in [1.82, 2.24) is 15.5 Å². The molecule has 1 aromatic carbocycles. The van der Waals surface area contributed by atoms with E-state index >= 15 is 0 Å². The number of hydrogen-bond acceptors (Lipinski definition) is 5. The number of morpholine rings is 1. The summed E-state index contributed by atoms with van der Waals surface area (Å²) in [6.45, 7) is 14.2. The van der Waals surface area contributed by atoms with Gasteiger partial charge in [0, 0.05) is 44.7 Å². The van der Waals surface area contributed by atoms with Crippen LogP contribution in [0.5, 0.6) is 11.5 Å². The summed E-state index contributed by atoms with van der Waals surface area (Å²) in [5.41, 5.74) is 1.07. The van der Waals surface area contributed by atoms with Crippen molar-refractivity contribution in [2.45, 2.75) is 39.2 Å². The summed E-state index contributed by atoms with van der Waals surface area (Å²) in [6, 6.07) is 6.54. The molecule has 1 heterocycles. The maximum Gasteiger partial charge on any atom is 0.191 e. The van der Waals surface area contributed by atoms with Crippen LogP contribution < -0.4 is 20.1 Å². The van der Waals surface area contributed by atoms with E-state index in [9.17, 15) is 0 Å². The lowest BCUT2D eigenvalue weighted by Crippen LogP contribution is -2.53. The second kappa shape index (κ2) is 11.4. The van der Waals surface area contributed by atoms with Crippen LogP contribution in [0.4, 0.5) is 0 Å². The van der Waals surface area contributed by atoms with Crippen LogP contribution in [0.1, 0.15) is 33.3 Å². The summed E-state index contributed by atoms with van der Waals surface area (Å²) < 4.78 is 16.3. The van der Waals surface area contributed by atoms with Gasteiger partial charge in [0.15, 0.2) is 17.5 Å². The van der Waals surface area contributed by atoms with Crippen LogP contribution in [0, 0.1) is 5.92 Å². The average molecular weight is 421 g/mol. The zero-order chi connectivity index (χ0) is 22.1. The first-order valence-corrected chi connectivity index (χ1v) is 10.8. The molecule has 0 saturated carbocycles. The van der Waals surface area contributed by atoms with Crippen molar-refractivity contribution in [2.24, 2.45) is 10.9 Å². The Bertz CT molecular complexity index is 685. The van der Waals surface area contributed by atoms with Gasteiger partial charge in [0.2, 0.25) is 0 Å². The van der Waals surface area contributed by atoms with Crippen LogP contribution in [-0.4, -0.2) is 77.6 Å². The fraction of sp³-hybridized carbons (Fsp3) is 0.696. The van der Waals surface area contributed by atoms with Gasteiger partial charge in [-0.15, -0.1) is 0 Å². The normalized spacial score (nSPS) is 17.0. The van der Waals surface area contributed by atoms with Crippen LogP contribution in [0.15, 0.2) is 23.2 Å². The van der Waals surface area contributed by atoms with E-state index in [4.69, 9.17) is 14.2 Å². The molecule has 0 spiro atoms. The predicted octanol–water partition coefficient (Wildman–Crippen LogP) is 2.50. The molecule has 1 aliphatic rings. The molecule has 170 valence electrons. The lowest BCUT2D eigenvalue weighted by Gasteiger charge is -2.37. The molecule has 1 fully saturated rings. The van der Waals surface area contributed by atoms with Gasteiger partial charge in [-0.3, -0.25) is 9.89 Å². The van der Waals surface area contributed by atoms with Gasteiger partial charge in [-0.25, -0.2) is 0 Å². The number of nitrogens with zero attached hydrogens (tertiary/aromatic N) is 2. The summed E-state index contributed by atoms with van der Waals surface area (Å²) in [5, 5.41) is 7.02. The molecule has 7 heteroatoms. The van der Waals surface area contributed by atoms with Gasteiger partial charge in [0.25, 0.3) is 0 Å². The standard InChI is InChI=1S/C23H40N4O3/c1-17(2)19(27-10-12-30-13-11-27)15-25-22(24-5)26-16-23(3,4)18-8-9-20(28-6)21(14-18)29-7/h8-9,14,17,19H,10-13,15-16H2,1-7H3,(H2,24,25,26). The fourth-order valence-corrected chi connectivity index (χ4v) is 3.78. The van der Waals surface area contributed by atoms with Crippen molar-refractivity contribution in [3.05, 3.63) is 23.8 Å². The maximum atomic E-state index is 5.51. The minimum atomic E-state index is -0.112. The summed E-state index contributed by atoms with van der Waals surface area (Å²) in [7, 11) is 5.14. The minimum Gasteiger partial charge on any atom is -0.493 e. The molecule has 0 amide bonds. The molecule has 2 rings (SSSR count). The second-order valence-electron chi connectivity index (χ2n) is 8.72. The van der Waals surface area contributed by atoms with Gasteiger partial charge < -0.3 is 24.8 Å². The van der Waals surface area contributed by atoms with Gasteiger partial charge in [0.05, 0.1) is 27.4 Å². The van der Waals surface area contributed by atoms with Crippen LogP contribution >= 0.6 is 0 Å². The summed E-state index contributed by atoms with van der Waals surface area (Å²) in [4.78, 5) is 6.94. The highest BCUT2D eigenvalue weighted by atomic mass is 16.5. The van der Waals surface area contributed by atoms with Crippen molar-refractivity contribution in [3.63, 3.8) is 0 Å². The molecule has 2 N–H and O–H groups in total. The average Bonchev–Trinajstić information content (AvgIpc) is 2.75. The monoisotopic (exact) mass is 420 g/mol. The molecule has 1 saturated heterocycles. The Hall–Kier alpha value is -1.99. The number of rotatable bonds is 9. The molecule has 1 aromatic rings. The highest BCUT2D eigenvalue weighted by Gasteiger charge is 2.25. The van der Waals surface area contributed by atoms with Crippen molar-refractivity contribution >= 4 is 5.96 Å². The lowest BCUT2D eigenvalue weighted by atomic mass is 9.84. The molecule has 0 bridgehead atoms. The smallest absolute Gasteiger partial charge is 0.191 e. The molecule has 30 heavy (non-hydrogen) atoms. The number of benzene rings is 1. The van der Waals surface area contributed by atoms with E-state index in [1.807, 2.05) is 19.2 Å². The molecule has 7 nitrogen and oxygen atoms in total. The van der Waals surface area contributed by atoms with Crippen LogP contribution in [0.25, 0.3) is 0 Å². The Labute approximate surface area is 182 Å². The fourth-order valence-electron chi connectivity index (χ4n) is 3.78. The van der Waals surface area contributed by atoms with Crippen molar-refractivity contribution in [2.75, 3.05) is 60.7 Å². The molecule has 0 aromatic heterocycles. The van der Waals surface area contributed by atoms with Gasteiger partial charge >= 0.3 is 0 Å². The molecule has 1 unspecified atom stereocenters. The van der Waals surface area contributed by atoms with Gasteiger partial charge in [-0.1, -0.05) is 33.8 Å². The van der Waals surface area contributed by atoms with Crippen LogP contribution in [0.2, 0.25) is 0 Å². The Balaban J connectivity index is 1.96. The largest absolute Gasteiger partial charge is 0.493 e. The zero-order valence-electron chi connectivity index (χ0n) is 19.7. The Kier molecular flexibility index (Phi) is 9.24. The van der Waals surface area contributed by atoms with E-state index in [-0.39, 0.29) is 5.41 Å². The van der Waals surface area contributed by atoms with Crippen molar-refractivity contribution in [3.8, 4) is 11.5 Å². The lowest BCUT2D eigenvalue weighted by molar-refractivity contribution is 0.00752. The molecular weight excluding hydrogens is 380 g/mol. The first-order valence-electron chi connectivity index (χ1n) is 10.8. The third kappa shape index (κ3) is 6.51. The van der Waals surface area contributed by atoms with Crippen molar-refractivity contribution in [1.29, 1.82) is 0 Å². The maximum absolute atomic E-state index is 5.51. The Morgan fingerprint density at radius 3 is 2.37 bits per heavy atom.